The molecule has 0 heterocycles. The van der Waals surface area contributed by atoms with Crippen LogP contribution in [0.15, 0.2) is 72.8 Å². The number of nitrogens with one attached hydrogen (secondary N) is 1. The molecule has 1 aliphatic rings. The maximum atomic E-state index is 12.7. The van der Waals surface area contributed by atoms with E-state index in [-0.39, 0.29) is 5.56 Å². The Kier molecular flexibility index (Phi) is 5.48. The number of amides is 1. The van der Waals surface area contributed by atoms with Gasteiger partial charge in [-0.15, -0.1) is 0 Å². The van der Waals surface area contributed by atoms with Crippen LogP contribution in [0.25, 0.3) is 11.1 Å². The van der Waals surface area contributed by atoms with Crippen molar-refractivity contribution in [2.75, 3.05) is 0 Å². The second-order valence-corrected chi connectivity index (χ2v) is 7.50. The van der Waals surface area contributed by atoms with Gasteiger partial charge >= 0.3 is 12.1 Å². The molecule has 0 radical (unpaired) electrons. The SMILES string of the molecule is O=C(N[C@@H](C(=O)O)C1c2ccccc2-c2ccccc21)[C@@H](O)c1ccc(C(F)(F)F)cc1. The zero-order valence-corrected chi connectivity index (χ0v) is 16.5. The quantitative estimate of drug-likeness (QED) is 0.556. The number of carbonyl (C=O) groups is 2. The molecule has 32 heavy (non-hydrogen) atoms. The number of rotatable bonds is 5. The average molecular weight is 441 g/mol. The second-order valence-electron chi connectivity index (χ2n) is 7.50. The third-order valence-corrected chi connectivity index (χ3v) is 5.58. The Morgan fingerprint density at radius 3 is 1.81 bits per heavy atom. The summed E-state index contributed by atoms with van der Waals surface area (Å²) in [5.41, 5.74) is 2.17. The summed E-state index contributed by atoms with van der Waals surface area (Å²) in [6.07, 6.45) is -6.38. The molecule has 3 N–H and O–H groups in total. The van der Waals surface area contributed by atoms with Crippen molar-refractivity contribution in [3.63, 3.8) is 0 Å². The van der Waals surface area contributed by atoms with Gasteiger partial charge in [0.25, 0.3) is 5.91 Å². The number of aliphatic hydroxyl groups is 1. The van der Waals surface area contributed by atoms with E-state index in [4.69, 9.17) is 0 Å². The van der Waals surface area contributed by atoms with E-state index < -0.39 is 41.7 Å². The molecule has 3 aromatic rings. The van der Waals surface area contributed by atoms with Gasteiger partial charge in [-0.2, -0.15) is 13.2 Å². The summed E-state index contributed by atoms with van der Waals surface area (Å²) in [7, 11) is 0. The molecule has 0 aromatic heterocycles. The average Bonchev–Trinajstić information content (AvgIpc) is 3.10. The lowest BCUT2D eigenvalue weighted by Crippen LogP contribution is -2.46. The zero-order chi connectivity index (χ0) is 23.0. The Balaban J connectivity index is 1.62. The number of fused-ring (bicyclic) bond motifs is 3. The normalized spacial score (nSPS) is 14.9. The molecule has 3 aromatic carbocycles. The van der Waals surface area contributed by atoms with E-state index in [0.29, 0.717) is 0 Å². The fourth-order valence-corrected chi connectivity index (χ4v) is 4.08. The number of hydrogen-bond acceptors (Lipinski definition) is 3. The highest BCUT2D eigenvalue weighted by atomic mass is 19.4. The maximum Gasteiger partial charge on any atom is 0.416 e. The van der Waals surface area contributed by atoms with Gasteiger partial charge in [0.1, 0.15) is 6.04 Å². The van der Waals surface area contributed by atoms with Crippen molar-refractivity contribution in [1.29, 1.82) is 0 Å². The molecule has 4 rings (SSSR count). The fraction of sp³-hybridized carbons (Fsp3) is 0.167. The lowest BCUT2D eigenvalue weighted by Gasteiger charge is -2.24. The molecule has 0 saturated carbocycles. The molecule has 0 spiro atoms. The van der Waals surface area contributed by atoms with Crippen molar-refractivity contribution in [2.45, 2.75) is 24.2 Å². The van der Waals surface area contributed by atoms with E-state index in [1.165, 1.54) is 0 Å². The van der Waals surface area contributed by atoms with Gasteiger partial charge in [-0.3, -0.25) is 4.79 Å². The Labute approximate surface area is 181 Å². The number of aliphatic hydroxyl groups excluding tert-OH is 1. The largest absolute Gasteiger partial charge is 0.480 e. The van der Waals surface area contributed by atoms with Crippen LogP contribution in [0.1, 0.15) is 34.3 Å². The summed E-state index contributed by atoms with van der Waals surface area (Å²) in [4.78, 5) is 24.8. The number of aliphatic carboxylic acids is 1. The van der Waals surface area contributed by atoms with Crippen molar-refractivity contribution >= 4 is 11.9 Å². The van der Waals surface area contributed by atoms with Gasteiger partial charge in [-0.05, 0) is 39.9 Å². The third-order valence-electron chi connectivity index (χ3n) is 5.58. The first-order valence-corrected chi connectivity index (χ1v) is 9.75. The van der Waals surface area contributed by atoms with Gasteiger partial charge in [0.15, 0.2) is 6.10 Å². The highest BCUT2D eigenvalue weighted by Gasteiger charge is 2.39. The highest BCUT2D eigenvalue weighted by Crippen LogP contribution is 2.46. The number of benzene rings is 3. The molecule has 0 unspecified atom stereocenters. The number of carboxylic acids is 1. The van der Waals surface area contributed by atoms with Gasteiger partial charge in [0.2, 0.25) is 0 Å². The van der Waals surface area contributed by atoms with Crippen molar-refractivity contribution in [2.24, 2.45) is 0 Å². The first kappa shape index (κ1) is 21.6. The molecule has 2 atom stereocenters. The first-order valence-electron chi connectivity index (χ1n) is 9.75. The molecule has 0 fully saturated rings. The second kappa shape index (κ2) is 8.12. The van der Waals surface area contributed by atoms with Gasteiger partial charge < -0.3 is 15.5 Å². The van der Waals surface area contributed by atoms with Crippen LogP contribution in [-0.2, 0) is 15.8 Å². The Bertz CT molecular complexity index is 1130. The summed E-state index contributed by atoms with van der Waals surface area (Å²) in [5, 5.41) is 22.6. The maximum absolute atomic E-state index is 12.7. The zero-order valence-electron chi connectivity index (χ0n) is 16.5. The van der Waals surface area contributed by atoms with E-state index >= 15 is 0 Å². The number of hydrogen-bond donors (Lipinski definition) is 3. The third kappa shape index (κ3) is 3.85. The standard InChI is InChI=1S/C24H18F3NO4/c25-24(26,27)14-11-9-13(10-12-14)21(29)22(30)28-20(23(31)32)19-17-7-3-1-5-15(17)16-6-2-4-8-18(16)19/h1-12,19-21,29H,(H,28,30)(H,31,32)/t20-,21+/m1/s1. The lowest BCUT2D eigenvalue weighted by atomic mass is 9.89. The molecule has 0 saturated heterocycles. The molecule has 164 valence electrons. The number of carbonyl (C=O) groups excluding carboxylic acids is 1. The van der Waals surface area contributed by atoms with Gasteiger partial charge in [0.05, 0.1) is 5.56 Å². The van der Waals surface area contributed by atoms with Crippen molar-refractivity contribution in [1.82, 2.24) is 5.32 Å². The van der Waals surface area contributed by atoms with Crippen LogP contribution < -0.4 is 5.32 Å². The minimum Gasteiger partial charge on any atom is -0.480 e. The molecule has 1 aliphatic carbocycles. The van der Waals surface area contributed by atoms with Gasteiger partial charge in [-0.1, -0.05) is 60.7 Å². The molecule has 1 amide bonds. The fourth-order valence-electron chi connectivity index (χ4n) is 4.08. The molecule has 8 heteroatoms. The van der Waals surface area contributed by atoms with E-state index in [1.54, 1.807) is 24.3 Å². The molecule has 5 nitrogen and oxygen atoms in total. The molecular weight excluding hydrogens is 423 g/mol. The topological polar surface area (TPSA) is 86.6 Å². The predicted octanol–water partition coefficient (Wildman–Crippen LogP) is 4.12. The van der Waals surface area contributed by atoms with Crippen LogP contribution in [-0.4, -0.2) is 28.1 Å². The summed E-state index contributed by atoms with van der Waals surface area (Å²) in [6, 6.07) is 16.6. The summed E-state index contributed by atoms with van der Waals surface area (Å²) in [5.74, 6) is -3.00. The number of alkyl halides is 3. The van der Waals surface area contributed by atoms with Crippen LogP contribution in [0.3, 0.4) is 0 Å². The number of halogens is 3. The summed E-state index contributed by atoms with van der Waals surface area (Å²) < 4.78 is 38.2. The molecule has 0 aliphatic heterocycles. The minimum atomic E-state index is -4.55. The highest BCUT2D eigenvalue weighted by molar-refractivity contribution is 5.90. The Hall–Kier alpha value is -3.65. The van der Waals surface area contributed by atoms with E-state index in [9.17, 15) is 33.0 Å². The summed E-state index contributed by atoms with van der Waals surface area (Å²) in [6.45, 7) is 0. The summed E-state index contributed by atoms with van der Waals surface area (Å²) >= 11 is 0. The van der Waals surface area contributed by atoms with E-state index in [1.807, 2.05) is 24.3 Å². The lowest BCUT2D eigenvalue weighted by molar-refractivity contribution is -0.144. The Morgan fingerprint density at radius 1 is 0.844 bits per heavy atom. The smallest absolute Gasteiger partial charge is 0.416 e. The first-order chi connectivity index (χ1) is 15.2. The monoisotopic (exact) mass is 441 g/mol. The van der Waals surface area contributed by atoms with Crippen LogP contribution in [0.5, 0.6) is 0 Å². The predicted molar refractivity (Wildman–Crippen MR) is 110 cm³/mol. The van der Waals surface area contributed by atoms with Crippen LogP contribution in [0, 0.1) is 0 Å². The van der Waals surface area contributed by atoms with Crippen molar-refractivity contribution in [3.05, 3.63) is 95.1 Å². The molecular formula is C24H18F3NO4. The van der Waals surface area contributed by atoms with Crippen molar-refractivity contribution in [3.8, 4) is 11.1 Å². The minimum absolute atomic E-state index is 0.0770. The van der Waals surface area contributed by atoms with Crippen LogP contribution >= 0.6 is 0 Å². The van der Waals surface area contributed by atoms with Crippen LogP contribution in [0.4, 0.5) is 13.2 Å². The number of carboxylic acid groups (broad SMARTS) is 1. The van der Waals surface area contributed by atoms with Crippen molar-refractivity contribution < 1.29 is 33.0 Å². The van der Waals surface area contributed by atoms with Gasteiger partial charge in [0, 0.05) is 5.92 Å². The molecule has 0 bridgehead atoms. The van der Waals surface area contributed by atoms with E-state index in [2.05, 4.69) is 5.32 Å². The van der Waals surface area contributed by atoms with Crippen LogP contribution in [0.2, 0.25) is 0 Å². The van der Waals surface area contributed by atoms with Gasteiger partial charge in [-0.25, -0.2) is 4.79 Å². The van der Waals surface area contributed by atoms with E-state index in [0.717, 1.165) is 46.5 Å². The Morgan fingerprint density at radius 2 is 1.34 bits per heavy atom.